The van der Waals surface area contributed by atoms with Crippen LogP contribution in [0, 0.1) is 0 Å². The minimum atomic E-state index is -2.70. The van der Waals surface area contributed by atoms with Gasteiger partial charge in [-0.1, -0.05) is 32.8 Å². The first-order chi connectivity index (χ1) is 9.01. The molecule has 0 rings (SSSR count). The fourth-order valence-corrected chi connectivity index (χ4v) is 3.42. The molecule has 0 bridgehead atoms. The number of hydrogen-bond donors (Lipinski definition) is 0. The van der Waals surface area contributed by atoms with Gasteiger partial charge in [-0.05, 0) is 13.3 Å². The maximum Gasteiger partial charge on any atom is 0.502 e. The van der Waals surface area contributed by atoms with E-state index in [9.17, 15) is 4.79 Å². The van der Waals surface area contributed by atoms with Crippen LogP contribution in [0.1, 0.15) is 39.5 Å². The van der Waals surface area contributed by atoms with Crippen LogP contribution in [0.25, 0.3) is 0 Å². The van der Waals surface area contributed by atoms with Gasteiger partial charge in [0.25, 0.3) is 0 Å². The number of esters is 1. The van der Waals surface area contributed by atoms with Crippen LogP contribution in [0.5, 0.6) is 0 Å². The van der Waals surface area contributed by atoms with Gasteiger partial charge >= 0.3 is 14.8 Å². The first-order valence-corrected chi connectivity index (χ1v) is 8.51. The third-order valence-corrected chi connectivity index (χ3v) is 5.54. The number of carbonyl (C=O) groups excluding carboxylic acids is 1. The summed E-state index contributed by atoms with van der Waals surface area (Å²) < 4.78 is 21.2. The largest absolute Gasteiger partial charge is 0.502 e. The van der Waals surface area contributed by atoms with Crippen LogP contribution in [0.4, 0.5) is 0 Å². The summed E-state index contributed by atoms with van der Waals surface area (Å²) in [6.07, 6.45) is 4.46. The molecule has 0 unspecified atom stereocenters. The lowest BCUT2D eigenvalue weighted by molar-refractivity contribution is -0.147. The van der Waals surface area contributed by atoms with E-state index in [1.165, 1.54) is 12.8 Å². The van der Waals surface area contributed by atoms with E-state index in [1.807, 2.05) is 0 Å². The quantitative estimate of drug-likeness (QED) is 0.192. The van der Waals surface area contributed by atoms with Crippen molar-refractivity contribution in [3.63, 3.8) is 0 Å². The molecule has 0 N–H and O–H groups in total. The molecule has 0 saturated carbocycles. The van der Waals surface area contributed by atoms with Crippen LogP contribution < -0.4 is 0 Å². The van der Waals surface area contributed by atoms with Gasteiger partial charge in [-0.2, -0.15) is 0 Å². The SMILES string of the molecule is C=C(C)C(=O)OCO[Si](CCCCCC)(OC)OC. The normalized spacial score (nSPS) is 11.4. The van der Waals surface area contributed by atoms with Gasteiger partial charge < -0.3 is 18.0 Å². The van der Waals surface area contributed by atoms with Crippen molar-refractivity contribution in [3.05, 3.63) is 12.2 Å². The Balaban J connectivity index is 4.14. The molecule has 0 saturated heterocycles. The first kappa shape index (κ1) is 18.3. The van der Waals surface area contributed by atoms with Crippen LogP contribution in [0.2, 0.25) is 6.04 Å². The Labute approximate surface area is 117 Å². The molecule has 6 heteroatoms. The molecule has 0 aromatic rings. The van der Waals surface area contributed by atoms with Crippen molar-refractivity contribution in [2.45, 2.75) is 45.6 Å². The van der Waals surface area contributed by atoms with Crippen LogP contribution in [-0.2, 0) is 22.8 Å². The van der Waals surface area contributed by atoms with Gasteiger partial charge in [-0.25, -0.2) is 4.79 Å². The van der Waals surface area contributed by atoms with Crippen LogP contribution in [0.15, 0.2) is 12.2 Å². The molecule has 0 spiro atoms. The topological polar surface area (TPSA) is 54.0 Å². The minimum absolute atomic E-state index is 0.159. The monoisotopic (exact) mass is 290 g/mol. The standard InChI is InChI=1S/C13H26O5Si/c1-6-7-8-9-10-19(15-4,16-5)18-11-17-13(14)12(2)3/h2,6-11H2,1,3-5H3. The molecule has 0 radical (unpaired) electrons. The van der Waals surface area contributed by atoms with E-state index >= 15 is 0 Å². The summed E-state index contributed by atoms with van der Waals surface area (Å²) in [4.78, 5) is 11.2. The van der Waals surface area contributed by atoms with E-state index in [-0.39, 0.29) is 6.79 Å². The average Bonchev–Trinajstić information content (AvgIpc) is 2.41. The van der Waals surface area contributed by atoms with E-state index in [1.54, 1.807) is 21.1 Å². The Morgan fingerprint density at radius 2 is 1.79 bits per heavy atom. The van der Waals surface area contributed by atoms with Crippen molar-refractivity contribution in [2.75, 3.05) is 21.0 Å². The summed E-state index contributed by atoms with van der Waals surface area (Å²) in [7, 11) is 0.429. The number of hydrogen-bond acceptors (Lipinski definition) is 5. The van der Waals surface area contributed by atoms with E-state index in [2.05, 4.69) is 13.5 Å². The molecule has 0 aliphatic carbocycles. The van der Waals surface area contributed by atoms with Crippen molar-refractivity contribution in [3.8, 4) is 0 Å². The van der Waals surface area contributed by atoms with Crippen molar-refractivity contribution in [1.29, 1.82) is 0 Å². The predicted octanol–water partition coefficient (Wildman–Crippen LogP) is 2.89. The zero-order valence-electron chi connectivity index (χ0n) is 12.5. The summed E-state index contributed by atoms with van der Waals surface area (Å²) >= 11 is 0. The molecule has 0 atom stereocenters. The maximum absolute atomic E-state index is 11.2. The second-order valence-electron chi connectivity index (χ2n) is 4.38. The van der Waals surface area contributed by atoms with Crippen LogP contribution in [-0.4, -0.2) is 35.8 Å². The van der Waals surface area contributed by atoms with Crippen molar-refractivity contribution in [2.24, 2.45) is 0 Å². The lowest BCUT2D eigenvalue weighted by atomic mass is 10.2. The lowest BCUT2D eigenvalue weighted by Crippen LogP contribution is -2.44. The van der Waals surface area contributed by atoms with Gasteiger partial charge in [-0.3, -0.25) is 0 Å². The summed E-state index contributed by atoms with van der Waals surface area (Å²) in [6, 6.07) is 0.727. The molecule has 0 aromatic carbocycles. The van der Waals surface area contributed by atoms with Crippen molar-refractivity contribution < 1.29 is 22.8 Å². The zero-order chi connectivity index (χ0) is 14.7. The third-order valence-electron chi connectivity index (χ3n) is 2.78. The fraction of sp³-hybridized carbons (Fsp3) is 0.769. The Morgan fingerprint density at radius 3 is 2.26 bits per heavy atom. The molecule has 5 nitrogen and oxygen atoms in total. The van der Waals surface area contributed by atoms with E-state index in [0.717, 1.165) is 18.9 Å². The van der Waals surface area contributed by atoms with Crippen LogP contribution in [0.3, 0.4) is 0 Å². The number of rotatable bonds is 11. The van der Waals surface area contributed by atoms with Gasteiger partial charge in [0.15, 0.2) is 6.79 Å². The summed E-state index contributed by atoms with van der Waals surface area (Å²) in [5.74, 6) is -0.471. The maximum atomic E-state index is 11.2. The molecule has 0 aliphatic heterocycles. The summed E-state index contributed by atoms with van der Waals surface area (Å²) in [6.45, 7) is 7.09. The average molecular weight is 290 g/mol. The highest BCUT2D eigenvalue weighted by Crippen LogP contribution is 2.18. The van der Waals surface area contributed by atoms with E-state index in [4.69, 9.17) is 18.0 Å². The molecule has 0 aromatic heterocycles. The summed E-state index contributed by atoms with van der Waals surface area (Å²) in [5, 5.41) is 0. The van der Waals surface area contributed by atoms with Gasteiger partial charge in [0.05, 0.1) is 0 Å². The molecule has 0 heterocycles. The second kappa shape index (κ2) is 10.1. The van der Waals surface area contributed by atoms with E-state index in [0.29, 0.717) is 5.57 Å². The Bertz CT molecular complexity index is 276. The molecule has 0 amide bonds. The highest BCUT2D eigenvalue weighted by atomic mass is 28.4. The predicted molar refractivity (Wildman–Crippen MR) is 75.6 cm³/mol. The van der Waals surface area contributed by atoms with Gasteiger partial charge in [0, 0.05) is 25.8 Å². The Morgan fingerprint density at radius 1 is 1.16 bits per heavy atom. The van der Waals surface area contributed by atoms with E-state index < -0.39 is 14.8 Å². The molecule has 112 valence electrons. The van der Waals surface area contributed by atoms with Gasteiger partial charge in [0.1, 0.15) is 0 Å². The summed E-state index contributed by atoms with van der Waals surface area (Å²) in [5.41, 5.74) is 0.341. The Hall–Kier alpha value is -0.693. The second-order valence-corrected chi connectivity index (χ2v) is 7.35. The molecular formula is C13H26O5Si. The molecule has 19 heavy (non-hydrogen) atoms. The fourth-order valence-electron chi connectivity index (χ4n) is 1.54. The lowest BCUT2D eigenvalue weighted by Gasteiger charge is -2.26. The zero-order valence-corrected chi connectivity index (χ0v) is 13.5. The highest BCUT2D eigenvalue weighted by Gasteiger charge is 2.38. The van der Waals surface area contributed by atoms with Gasteiger partial charge in [0.2, 0.25) is 0 Å². The first-order valence-electron chi connectivity index (χ1n) is 6.58. The smallest absolute Gasteiger partial charge is 0.436 e. The number of unbranched alkanes of at least 4 members (excludes halogenated alkanes) is 3. The number of carbonyl (C=O) groups is 1. The molecule has 0 aliphatic rings. The number of ether oxygens (including phenoxy) is 1. The third kappa shape index (κ3) is 7.46. The highest BCUT2D eigenvalue weighted by molar-refractivity contribution is 6.60. The Kier molecular flexibility index (Phi) is 9.77. The molecular weight excluding hydrogens is 264 g/mol. The van der Waals surface area contributed by atoms with Crippen molar-refractivity contribution in [1.82, 2.24) is 0 Å². The minimum Gasteiger partial charge on any atom is -0.436 e. The van der Waals surface area contributed by atoms with Crippen molar-refractivity contribution >= 4 is 14.8 Å². The van der Waals surface area contributed by atoms with Gasteiger partial charge in [-0.15, -0.1) is 0 Å². The molecule has 0 fully saturated rings. The van der Waals surface area contributed by atoms with Crippen LogP contribution >= 0.6 is 0 Å².